The van der Waals surface area contributed by atoms with Crippen molar-refractivity contribution in [3.63, 3.8) is 0 Å². The van der Waals surface area contributed by atoms with Crippen molar-refractivity contribution in [2.75, 3.05) is 7.11 Å². The minimum Gasteiger partial charge on any atom is -0.496 e. The van der Waals surface area contributed by atoms with Crippen molar-refractivity contribution >= 4 is 5.91 Å². The number of benzene rings is 1. The monoisotopic (exact) mass is 301 g/mol. The minimum atomic E-state index is -0.209. The molecular formula is C18H23NO3. The molecule has 0 unspecified atom stereocenters. The van der Waals surface area contributed by atoms with Gasteiger partial charge in [-0.3, -0.25) is 4.79 Å². The molecule has 0 aliphatic rings. The Morgan fingerprint density at radius 1 is 1.23 bits per heavy atom. The lowest BCUT2D eigenvalue weighted by atomic mass is 9.93. The molecular weight excluding hydrogens is 278 g/mol. The fraction of sp³-hybridized carbons (Fsp3) is 0.389. The van der Waals surface area contributed by atoms with Gasteiger partial charge in [0, 0.05) is 0 Å². The first-order valence-corrected chi connectivity index (χ1v) is 7.46. The van der Waals surface area contributed by atoms with Gasteiger partial charge in [-0.15, -0.1) is 0 Å². The van der Waals surface area contributed by atoms with Crippen LogP contribution in [0.15, 0.2) is 34.9 Å². The lowest BCUT2D eigenvalue weighted by molar-refractivity contribution is 0.0912. The van der Waals surface area contributed by atoms with E-state index in [1.165, 1.54) is 6.26 Å². The number of rotatable bonds is 5. The highest BCUT2D eigenvalue weighted by molar-refractivity contribution is 5.91. The largest absolute Gasteiger partial charge is 0.496 e. The SMILES string of the molecule is COc1cc(C)c([C@@H](C)NC(=O)c2ccco2)cc1C(C)C. The molecule has 1 N–H and O–H groups in total. The Morgan fingerprint density at radius 3 is 2.50 bits per heavy atom. The van der Waals surface area contributed by atoms with E-state index in [4.69, 9.17) is 9.15 Å². The van der Waals surface area contributed by atoms with Crippen LogP contribution in [0.4, 0.5) is 0 Å². The van der Waals surface area contributed by atoms with Gasteiger partial charge in [-0.05, 0) is 60.7 Å². The van der Waals surface area contributed by atoms with Gasteiger partial charge in [-0.25, -0.2) is 0 Å². The summed E-state index contributed by atoms with van der Waals surface area (Å²) in [6.45, 7) is 8.25. The summed E-state index contributed by atoms with van der Waals surface area (Å²) in [6.07, 6.45) is 1.50. The highest BCUT2D eigenvalue weighted by Crippen LogP contribution is 2.32. The maximum Gasteiger partial charge on any atom is 0.287 e. The van der Waals surface area contributed by atoms with Crippen LogP contribution in [0, 0.1) is 6.92 Å². The smallest absolute Gasteiger partial charge is 0.287 e. The molecule has 0 saturated heterocycles. The van der Waals surface area contributed by atoms with Gasteiger partial charge in [-0.2, -0.15) is 0 Å². The lowest BCUT2D eigenvalue weighted by Crippen LogP contribution is -2.26. The van der Waals surface area contributed by atoms with Gasteiger partial charge >= 0.3 is 0 Å². The van der Waals surface area contributed by atoms with Crippen molar-refractivity contribution in [2.24, 2.45) is 0 Å². The van der Waals surface area contributed by atoms with Gasteiger partial charge in [0.05, 0.1) is 19.4 Å². The zero-order chi connectivity index (χ0) is 16.3. The third-order valence-electron chi connectivity index (χ3n) is 3.80. The van der Waals surface area contributed by atoms with Gasteiger partial charge in [0.15, 0.2) is 5.76 Å². The van der Waals surface area contributed by atoms with Crippen LogP contribution in [0.25, 0.3) is 0 Å². The van der Waals surface area contributed by atoms with E-state index < -0.39 is 0 Å². The van der Waals surface area contributed by atoms with E-state index in [1.54, 1.807) is 19.2 Å². The second-order valence-corrected chi connectivity index (χ2v) is 5.78. The van der Waals surface area contributed by atoms with E-state index in [0.29, 0.717) is 11.7 Å². The van der Waals surface area contributed by atoms with Crippen molar-refractivity contribution in [3.8, 4) is 5.75 Å². The van der Waals surface area contributed by atoms with E-state index in [1.807, 2.05) is 19.9 Å². The molecule has 0 fully saturated rings. The second kappa shape index (κ2) is 6.69. The number of nitrogens with one attached hydrogen (secondary N) is 1. The van der Waals surface area contributed by atoms with Crippen LogP contribution in [-0.2, 0) is 0 Å². The molecule has 22 heavy (non-hydrogen) atoms. The van der Waals surface area contributed by atoms with Crippen LogP contribution in [0.2, 0.25) is 0 Å². The molecule has 1 aromatic heterocycles. The summed E-state index contributed by atoms with van der Waals surface area (Å²) < 4.78 is 10.6. The number of hydrogen-bond donors (Lipinski definition) is 1. The standard InChI is InChI=1S/C18H23NO3/c1-11(2)14-10-15(12(3)9-17(14)21-5)13(4)19-18(20)16-7-6-8-22-16/h6-11,13H,1-5H3,(H,19,20)/t13-/m1/s1. The molecule has 0 aliphatic heterocycles. The molecule has 118 valence electrons. The second-order valence-electron chi connectivity index (χ2n) is 5.78. The van der Waals surface area contributed by atoms with Crippen molar-refractivity contribution in [3.05, 3.63) is 53.0 Å². The van der Waals surface area contributed by atoms with Gasteiger partial charge in [-0.1, -0.05) is 13.8 Å². The van der Waals surface area contributed by atoms with Crippen LogP contribution < -0.4 is 10.1 Å². The van der Waals surface area contributed by atoms with Crippen molar-refractivity contribution in [1.29, 1.82) is 0 Å². The molecule has 0 spiro atoms. The quantitative estimate of drug-likeness (QED) is 0.900. The number of aryl methyl sites for hydroxylation is 1. The molecule has 4 heteroatoms. The molecule has 1 heterocycles. The first kappa shape index (κ1) is 16.1. The van der Waals surface area contributed by atoms with E-state index in [2.05, 4.69) is 25.2 Å². The predicted molar refractivity (Wildman–Crippen MR) is 86.4 cm³/mol. The van der Waals surface area contributed by atoms with Crippen LogP contribution in [-0.4, -0.2) is 13.0 Å². The first-order valence-electron chi connectivity index (χ1n) is 7.46. The van der Waals surface area contributed by atoms with Gasteiger partial charge in [0.2, 0.25) is 0 Å². The van der Waals surface area contributed by atoms with Gasteiger partial charge in [0.25, 0.3) is 5.91 Å². The molecule has 0 saturated carbocycles. The van der Waals surface area contributed by atoms with Gasteiger partial charge in [0.1, 0.15) is 5.75 Å². The molecule has 1 amide bonds. The molecule has 1 atom stereocenters. The highest BCUT2D eigenvalue weighted by atomic mass is 16.5. The van der Waals surface area contributed by atoms with Gasteiger partial charge < -0.3 is 14.5 Å². The maximum absolute atomic E-state index is 12.1. The maximum atomic E-state index is 12.1. The summed E-state index contributed by atoms with van der Waals surface area (Å²) in [5, 5.41) is 2.97. The predicted octanol–water partition coefficient (Wildman–Crippen LogP) is 4.21. The summed E-state index contributed by atoms with van der Waals surface area (Å²) in [5.74, 6) is 1.35. The fourth-order valence-electron chi connectivity index (χ4n) is 2.56. The van der Waals surface area contributed by atoms with E-state index in [9.17, 15) is 4.79 Å². The highest BCUT2D eigenvalue weighted by Gasteiger charge is 2.18. The first-order chi connectivity index (χ1) is 10.4. The Hall–Kier alpha value is -2.23. The van der Waals surface area contributed by atoms with Crippen LogP contribution in [0.3, 0.4) is 0 Å². The number of furan rings is 1. The molecule has 2 rings (SSSR count). The van der Waals surface area contributed by atoms with Crippen LogP contribution in [0.5, 0.6) is 5.75 Å². The van der Waals surface area contributed by atoms with Crippen molar-refractivity contribution < 1.29 is 13.9 Å². The zero-order valence-corrected chi connectivity index (χ0v) is 13.8. The average molecular weight is 301 g/mol. The van der Waals surface area contributed by atoms with Crippen LogP contribution >= 0.6 is 0 Å². The zero-order valence-electron chi connectivity index (χ0n) is 13.8. The third kappa shape index (κ3) is 3.32. The Kier molecular flexibility index (Phi) is 4.91. The summed E-state index contributed by atoms with van der Waals surface area (Å²) in [5.41, 5.74) is 3.32. The molecule has 0 bridgehead atoms. The fourth-order valence-corrected chi connectivity index (χ4v) is 2.56. The Bertz CT molecular complexity index is 645. The summed E-state index contributed by atoms with van der Waals surface area (Å²) in [4.78, 5) is 12.1. The molecule has 2 aromatic rings. The number of carbonyl (C=O) groups is 1. The Morgan fingerprint density at radius 2 is 1.95 bits per heavy atom. The van der Waals surface area contributed by atoms with E-state index in [-0.39, 0.29) is 11.9 Å². The number of amides is 1. The van der Waals surface area contributed by atoms with E-state index in [0.717, 1.165) is 22.4 Å². The lowest BCUT2D eigenvalue weighted by Gasteiger charge is -2.20. The third-order valence-corrected chi connectivity index (χ3v) is 3.80. The number of carbonyl (C=O) groups excluding carboxylic acids is 1. The minimum absolute atomic E-state index is 0.110. The Balaban J connectivity index is 2.27. The normalized spacial score (nSPS) is 12.3. The summed E-state index contributed by atoms with van der Waals surface area (Å²) >= 11 is 0. The number of methoxy groups -OCH3 is 1. The van der Waals surface area contributed by atoms with Crippen LogP contribution in [0.1, 0.15) is 60.0 Å². The summed E-state index contributed by atoms with van der Waals surface area (Å²) in [6, 6.07) is 7.39. The Labute approximate surface area is 131 Å². The van der Waals surface area contributed by atoms with Crippen molar-refractivity contribution in [2.45, 2.75) is 39.7 Å². The molecule has 0 aliphatic carbocycles. The topological polar surface area (TPSA) is 51.5 Å². The average Bonchev–Trinajstić information content (AvgIpc) is 3.00. The molecule has 0 radical (unpaired) electrons. The van der Waals surface area contributed by atoms with E-state index >= 15 is 0 Å². The number of hydrogen-bond acceptors (Lipinski definition) is 3. The van der Waals surface area contributed by atoms with Crippen molar-refractivity contribution in [1.82, 2.24) is 5.32 Å². The summed E-state index contributed by atoms with van der Waals surface area (Å²) in [7, 11) is 1.68. The molecule has 4 nitrogen and oxygen atoms in total. The molecule has 1 aromatic carbocycles. The number of ether oxygens (including phenoxy) is 1.